The van der Waals surface area contributed by atoms with Crippen molar-refractivity contribution in [3.63, 3.8) is 0 Å². The third-order valence-electron chi connectivity index (χ3n) is 2.71. The minimum atomic E-state index is 0.699. The van der Waals surface area contributed by atoms with E-state index in [4.69, 9.17) is 13.9 Å². The van der Waals surface area contributed by atoms with Crippen molar-refractivity contribution in [2.24, 2.45) is 0 Å². The molecule has 0 aliphatic carbocycles. The van der Waals surface area contributed by atoms with Crippen LogP contribution in [0.3, 0.4) is 0 Å². The van der Waals surface area contributed by atoms with Gasteiger partial charge in [0.15, 0.2) is 11.3 Å². The predicted octanol–water partition coefficient (Wildman–Crippen LogP) is 2.57. The maximum absolute atomic E-state index is 5.77. The Bertz CT molecular complexity index is 493. The van der Waals surface area contributed by atoms with Crippen LogP contribution in [0.4, 0.5) is 0 Å². The zero-order chi connectivity index (χ0) is 12.8. The average Bonchev–Trinajstić information content (AvgIpc) is 2.81. The number of nitrogens with one attached hydrogen (secondary N) is 1. The van der Waals surface area contributed by atoms with E-state index in [-0.39, 0.29) is 0 Å². The quantitative estimate of drug-likeness (QED) is 0.766. The first-order chi connectivity index (χ1) is 8.85. The smallest absolute Gasteiger partial charge is 0.176 e. The highest BCUT2D eigenvalue weighted by atomic mass is 16.5. The lowest BCUT2D eigenvalue weighted by Crippen LogP contribution is -2.18. The molecule has 18 heavy (non-hydrogen) atoms. The van der Waals surface area contributed by atoms with Crippen LogP contribution < -0.4 is 10.1 Å². The molecule has 0 fully saturated rings. The molecule has 4 nitrogen and oxygen atoms in total. The van der Waals surface area contributed by atoms with E-state index in [9.17, 15) is 0 Å². The Balaban J connectivity index is 1.97. The number of para-hydroxylation sites is 1. The van der Waals surface area contributed by atoms with Crippen molar-refractivity contribution in [2.75, 3.05) is 26.9 Å². The molecule has 0 aliphatic heterocycles. The normalized spacial score (nSPS) is 11.0. The summed E-state index contributed by atoms with van der Waals surface area (Å²) < 4.78 is 16.3. The van der Waals surface area contributed by atoms with E-state index in [1.807, 2.05) is 31.2 Å². The largest absolute Gasteiger partial charge is 0.493 e. The number of benzene rings is 1. The van der Waals surface area contributed by atoms with Crippen molar-refractivity contribution in [3.8, 4) is 5.75 Å². The van der Waals surface area contributed by atoms with Gasteiger partial charge in [-0.15, -0.1) is 0 Å². The molecule has 1 heterocycles. The number of hydrogen-bond acceptors (Lipinski definition) is 4. The Labute approximate surface area is 107 Å². The van der Waals surface area contributed by atoms with Crippen LogP contribution in [-0.4, -0.2) is 26.9 Å². The van der Waals surface area contributed by atoms with Gasteiger partial charge in [-0.25, -0.2) is 0 Å². The predicted molar refractivity (Wildman–Crippen MR) is 71.0 cm³/mol. The summed E-state index contributed by atoms with van der Waals surface area (Å²) in [6, 6.07) is 7.91. The highest BCUT2D eigenvalue weighted by Gasteiger charge is 2.07. The fourth-order valence-corrected chi connectivity index (χ4v) is 1.84. The van der Waals surface area contributed by atoms with Crippen LogP contribution in [0.5, 0.6) is 5.75 Å². The molecule has 2 aromatic rings. The van der Waals surface area contributed by atoms with Crippen molar-refractivity contribution >= 4 is 11.0 Å². The zero-order valence-electron chi connectivity index (χ0n) is 10.9. The highest BCUT2D eigenvalue weighted by Crippen LogP contribution is 2.28. The molecule has 1 N–H and O–H groups in total. The summed E-state index contributed by atoms with van der Waals surface area (Å²) in [4.78, 5) is 0. The topological polar surface area (TPSA) is 43.6 Å². The van der Waals surface area contributed by atoms with Crippen molar-refractivity contribution in [1.29, 1.82) is 0 Å². The molecule has 1 aromatic heterocycles. The van der Waals surface area contributed by atoms with Crippen LogP contribution in [0, 0.1) is 0 Å². The molecule has 0 radical (unpaired) electrons. The fourth-order valence-electron chi connectivity index (χ4n) is 1.84. The summed E-state index contributed by atoms with van der Waals surface area (Å²) in [5, 5.41) is 4.34. The van der Waals surface area contributed by atoms with Crippen LogP contribution in [0.25, 0.3) is 11.0 Å². The Hall–Kier alpha value is -1.52. The molecular formula is C14H19NO3. The standard InChI is InChI=1S/C14H19NO3/c1-3-17-8-7-15-10-12-9-11-5-4-6-13(16-2)14(11)18-12/h4-6,9,15H,3,7-8,10H2,1-2H3. The van der Waals surface area contributed by atoms with Gasteiger partial charge in [-0.05, 0) is 19.1 Å². The first-order valence-electron chi connectivity index (χ1n) is 6.19. The van der Waals surface area contributed by atoms with E-state index in [2.05, 4.69) is 5.32 Å². The average molecular weight is 249 g/mol. The van der Waals surface area contributed by atoms with Gasteiger partial charge in [-0.2, -0.15) is 0 Å². The van der Waals surface area contributed by atoms with Crippen molar-refractivity contribution in [3.05, 3.63) is 30.0 Å². The van der Waals surface area contributed by atoms with E-state index in [1.165, 1.54) is 0 Å². The van der Waals surface area contributed by atoms with Crippen molar-refractivity contribution in [1.82, 2.24) is 5.32 Å². The highest BCUT2D eigenvalue weighted by molar-refractivity contribution is 5.83. The van der Waals surface area contributed by atoms with Crippen LogP contribution in [0.1, 0.15) is 12.7 Å². The van der Waals surface area contributed by atoms with Gasteiger partial charge in [0.1, 0.15) is 5.76 Å². The van der Waals surface area contributed by atoms with Crippen LogP contribution in [0.2, 0.25) is 0 Å². The summed E-state index contributed by atoms with van der Waals surface area (Å²) in [5.74, 6) is 1.68. The summed E-state index contributed by atoms with van der Waals surface area (Å²) in [6.07, 6.45) is 0. The fraction of sp³-hybridized carbons (Fsp3) is 0.429. The van der Waals surface area contributed by atoms with Crippen LogP contribution in [0.15, 0.2) is 28.7 Å². The summed E-state index contributed by atoms with van der Waals surface area (Å²) >= 11 is 0. The first kappa shape index (κ1) is 12.9. The second-order valence-electron chi connectivity index (χ2n) is 3.97. The van der Waals surface area contributed by atoms with E-state index in [1.54, 1.807) is 7.11 Å². The van der Waals surface area contributed by atoms with Gasteiger partial charge in [0.25, 0.3) is 0 Å². The molecule has 0 atom stereocenters. The Morgan fingerprint density at radius 2 is 2.22 bits per heavy atom. The molecule has 0 bridgehead atoms. The minimum Gasteiger partial charge on any atom is -0.493 e. The second kappa shape index (κ2) is 6.42. The number of methoxy groups -OCH3 is 1. The lowest BCUT2D eigenvalue weighted by molar-refractivity contribution is 0.148. The van der Waals surface area contributed by atoms with Gasteiger partial charge in [-0.3, -0.25) is 0 Å². The van der Waals surface area contributed by atoms with Crippen molar-refractivity contribution < 1.29 is 13.9 Å². The summed E-state index contributed by atoms with van der Waals surface area (Å²) in [5.41, 5.74) is 0.807. The number of rotatable bonds is 7. The number of fused-ring (bicyclic) bond motifs is 1. The molecule has 4 heteroatoms. The van der Waals surface area contributed by atoms with E-state index in [0.29, 0.717) is 6.54 Å². The minimum absolute atomic E-state index is 0.699. The van der Waals surface area contributed by atoms with Gasteiger partial charge in [0.2, 0.25) is 0 Å². The molecule has 2 rings (SSSR count). The molecule has 98 valence electrons. The van der Waals surface area contributed by atoms with Gasteiger partial charge in [0.05, 0.1) is 20.3 Å². The maximum atomic E-state index is 5.77. The lowest BCUT2D eigenvalue weighted by atomic mass is 10.2. The number of furan rings is 1. The van der Waals surface area contributed by atoms with Crippen molar-refractivity contribution in [2.45, 2.75) is 13.5 Å². The molecule has 0 saturated carbocycles. The first-order valence-corrected chi connectivity index (χ1v) is 6.19. The van der Waals surface area contributed by atoms with Gasteiger partial charge >= 0.3 is 0 Å². The van der Waals surface area contributed by atoms with E-state index < -0.39 is 0 Å². The molecule has 0 aliphatic rings. The monoisotopic (exact) mass is 249 g/mol. The maximum Gasteiger partial charge on any atom is 0.176 e. The van der Waals surface area contributed by atoms with Crippen LogP contribution >= 0.6 is 0 Å². The Kier molecular flexibility index (Phi) is 4.61. The second-order valence-corrected chi connectivity index (χ2v) is 3.97. The summed E-state index contributed by atoms with van der Waals surface area (Å²) in [6.45, 7) is 4.99. The molecular weight excluding hydrogens is 230 g/mol. The number of ether oxygens (including phenoxy) is 2. The van der Waals surface area contributed by atoms with E-state index >= 15 is 0 Å². The Morgan fingerprint density at radius 3 is 3.00 bits per heavy atom. The molecule has 0 amide bonds. The van der Waals surface area contributed by atoms with Gasteiger partial charge < -0.3 is 19.2 Å². The number of hydrogen-bond donors (Lipinski definition) is 1. The zero-order valence-corrected chi connectivity index (χ0v) is 10.9. The van der Waals surface area contributed by atoms with Gasteiger partial charge in [-0.1, -0.05) is 12.1 Å². The lowest BCUT2D eigenvalue weighted by Gasteiger charge is -2.02. The molecule has 0 spiro atoms. The summed E-state index contributed by atoms with van der Waals surface area (Å²) in [7, 11) is 1.65. The van der Waals surface area contributed by atoms with E-state index in [0.717, 1.165) is 42.2 Å². The molecule has 1 aromatic carbocycles. The Morgan fingerprint density at radius 1 is 1.33 bits per heavy atom. The third-order valence-corrected chi connectivity index (χ3v) is 2.71. The molecule has 0 saturated heterocycles. The van der Waals surface area contributed by atoms with Crippen LogP contribution in [-0.2, 0) is 11.3 Å². The SMILES string of the molecule is CCOCCNCc1cc2cccc(OC)c2o1. The molecule has 0 unspecified atom stereocenters. The van der Waals surface area contributed by atoms with Gasteiger partial charge in [0, 0.05) is 18.5 Å². The third kappa shape index (κ3) is 3.03.